The second-order valence-electron chi connectivity index (χ2n) is 5.85. The van der Waals surface area contributed by atoms with Crippen molar-refractivity contribution in [2.75, 3.05) is 17.2 Å². The van der Waals surface area contributed by atoms with E-state index in [-0.39, 0.29) is 33.4 Å². The van der Waals surface area contributed by atoms with E-state index < -0.39 is 5.91 Å². The summed E-state index contributed by atoms with van der Waals surface area (Å²) >= 11 is 12.5. The van der Waals surface area contributed by atoms with Gasteiger partial charge in [0.1, 0.15) is 5.69 Å². The zero-order valence-corrected chi connectivity index (χ0v) is 15.3. The second-order valence-corrected chi connectivity index (χ2v) is 6.67. The summed E-state index contributed by atoms with van der Waals surface area (Å²) in [5.41, 5.74) is 0.855. The van der Waals surface area contributed by atoms with Crippen molar-refractivity contribution >= 4 is 46.4 Å². The van der Waals surface area contributed by atoms with E-state index in [0.29, 0.717) is 5.69 Å². The van der Waals surface area contributed by atoms with Crippen LogP contribution in [-0.2, 0) is 4.79 Å². The molecule has 0 aliphatic carbocycles. The van der Waals surface area contributed by atoms with Crippen LogP contribution in [0.15, 0.2) is 30.7 Å². The molecule has 0 spiro atoms. The van der Waals surface area contributed by atoms with Gasteiger partial charge in [0, 0.05) is 18.1 Å². The molecule has 2 aromatic rings. The molecule has 1 unspecified atom stereocenters. The maximum atomic E-state index is 12.3. The van der Waals surface area contributed by atoms with Crippen LogP contribution in [-0.4, -0.2) is 34.4 Å². The zero-order chi connectivity index (χ0) is 18.5. The number of amides is 2. The lowest BCUT2D eigenvalue weighted by molar-refractivity contribution is -0.118. The minimum absolute atomic E-state index is 0.131. The van der Waals surface area contributed by atoms with Crippen molar-refractivity contribution in [2.45, 2.75) is 25.3 Å². The van der Waals surface area contributed by atoms with Crippen molar-refractivity contribution in [2.24, 2.45) is 0 Å². The Morgan fingerprint density at radius 3 is 2.50 bits per heavy atom. The Labute approximate surface area is 160 Å². The molecule has 7 nitrogen and oxygen atoms in total. The molecule has 136 valence electrons. The number of piperidine rings is 1. The molecule has 3 rings (SSSR count). The summed E-state index contributed by atoms with van der Waals surface area (Å²) < 4.78 is 0. The van der Waals surface area contributed by atoms with E-state index in [2.05, 4.69) is 25.9 Å². The third kappa shape index (κ3) is 4.49. The van der Waals surface area contributed by atoms with Gasteiger partial charge in [0.05, 0.1) is 28.0 Å². The largest absolute Gasteiger partial charge is 0.325 e. The first-order valence-electron chi connectivity index (χ1n) is 8.15. The predicted octanol–water partition coefficient (Wildman–Crippen LogP) is 3.12. The van der Waals surface area contributed by atoms with Crippen LogP contribution in [0.5, 0.6) is 0 Å². The van der Waals surface area contributed by atoms with Crippen molar-refractivity contribution in [1.82, 2.24) is 15.3 Å². The molecule has 2 heterocycles. The van der Waals surface area contributed by atoms with Crippen LogP contribution in [0.1, 0.15) is 29.8 Å². The number of nitrogens with zero attached hydrogens (tertiary/aromatic N) is 2. The summed E-state index contributed by atoms with van der Waals surface area (Å²) in [5, 5.41) is 9.00. The minimum Gasteiger partial charge on any atom is -0.325 e. The van der Waals surface area contributed by atoms with E-state index in [1.54, 1.807) is 12.1 Å². The number of halogens is 2. The van der Waals surface area contributed by atoms with Gasteiger partial charge in [-0.3, -0.25) is 14.6 Å². The molecule has 2 amide bonds. The Balaban J connectivity index is 1.71. The summed E-state index contributed by atoms with van der Waals surface area (Å²) in [6.45, 7) is 0.826. The van der Waals surface area contributed by atoms with Crippen LogP contribution in [0, 0.1) is 0 Å². The van der Waals surface area contributed by atoms with Crippen LogP contribution < -0.4 is 16.0 Å². The highest BCUT2D eigenvalue weighted by atomic mass is 35.5. The number of carbonyl (C=O) groups excluding carboxylic acids is 2. The second kappa shape index (κ2) is 8.44. The number of aromatic nitrogens is 2. The van der Waals surface area contributed by atoms with Crippen molar-refractivity contribution in [1.29, 1.82) is 0 Å². The predicted molar refractivity (Wildman–Crippen MR) is 101 cm³/mol. The van der Waals surface area contributed by atoms with E-state index in [1.807, 2.05) is 0 Å². The molecule has 0 saturated carbocycles. The smallest absolute Gasteiger partial charge is 0.275 e. The number of carbonyl (C=O) groups is 2. The van der Waals surface area contributed by atoms with Crippen molar-refractivity contribution in [3.63, 3.8) is 0 Å². The molecular formula is C17H17Cl2N5O2. The Morgan fingerprint density at radius 2 is 1.88 bits per heavy atom. The Bertz CT molecular complexity index is 787. The maximum absolute atomic E-state index is 12.3. The molecule has 1 aliphatic rings. The van der Waals surface area contributed by atoms with E-state index in [4.69, 9.17) is 23.2 Å². The third-order valence-corrected chi connectivity index (χ3v) is 4.57. The number of hydrogen-bond donors (Lipinski definition) is 3. The first kappa shape index (κ1) is 18.6. The van der Waals surface area contributed by atoms with E-state index in [1.165, 1.54) is 18.6 Å². The normalized spacial score (nSPS) is 16.8. The van der Waals surface area contributed by atoms with Gasteiger partial charge in [-0.1, -0.05) is 29.6 Å². The third-order valence-electron chi connectivity index (χ3n) is 3.97. The summed E-state index contributed by atoms with van der Waals surface area (Å²) in [7, 11) is 0. The molecule has 1 aromatic heterocycles. The SMILES string of the molecule is O=C(Nc1c(Cl)cc(NC(=O)C2CCCCN2)cc1Cl)c1cnccn1. The Hall–Kier alpha value is -2.22. The lowest BCUT2D eigenvalue weighted by atomic mass is 10.0. The average molecular weight is 394 g/mol. The van der Waals surface area contributed by atoms with E-state index >= 15 is 0 Å². The van der Waals surface area contributed by atoms with Gasteiger partial charge in [-0.05, 0) is 31.5 Å². The molecule has 0 radical (unpaired) electrons. The molecule has 3 N–H and O–H groups in total. The summed E-state index contributed by atoms with van der Waals surface area (Å²) in [5.74, 6) is -0.613. The fourth-order valence-corrected chi connectivity index (χ4v) is 3.25. The molecular weight excluding hydrogens is 377 g/mol. The van der Waals surface area contributed by atoms with Crippen LogP contribution >= 0.6 is 23.2 Å². The lowest BCUT2D eigenvalue weighted by Gasteiger charge is -2.22. The topological polar surface area (TPSA) is 96.0 Å². The molecule has 0 bridgehead atoms. The van der Waals surface area contributed by atoms with Crippen molar-refractivity contribution < 1.29 is 9.59 Å². The summed E-state index contributed by atoms with van der Waals surface area (Å²) in [4.78, 5) is 32.2. The standard InChI is InChI=1S/C17H17Cl2N5O2/c18-11-7-10(23-16(25)13-3-1-2-4-21-13)8-12(19)15(11)24-17(26)14-9-20-5-6-22-14/h5-9,13,21H,1-4H2,(H,23,25)(H,24,26). The summed E-state index contributed by atoms with van der Waals surface area (Å²) in [6.07, 6.45) is 7.09. The van der Waals surface area contributed by atoms with Gasteiger partial charge in [-0.15, -0.1) is 0 Å². The van der Waals surface area contributed by atoms with Gasteiger partial charge in [-0.25, -0.2) is 4.98 Å². The van der Waals surface area contributed by atoms with Crippen LogP contribution in [0.3, 0.4) is 0 Å². The van der Waals surface area contributed by atoms with Crippen molar-refractivity contribution in [3.05, 3.63) is 46.5 Å². The van der Waals surface area contributed by atoms with Gasteiger partial charge in [-0.2, -0.15) is 0 Å². The summed E-state index contributed by atoms with van der Waals surface area (Å²) in [6, 6.07) is 2.86. The molecule has 1 aromatic carbocycles. The number of hydrogen-bond acceptors (Lipinski definition) is 5. The maximum Gasteiger partial charge on any atom is 0.275 e. The van der Waals surface area contributed by atoms with Gasteiger partial charge >= 0.3 is 0 Å². The van der Waals surface area contributed by atoms with Crippen molar-refractivity contribution in [3.8, 4) is 0 Å². The van der Waals surface area contributed by atoms with Gasteiger partial charge < -0.3 is 16.0 Å². The number of anilines is 2. The molecule has 1 atom stereocenters. The Morgan fingerprint density at radius 1 is 1.12 bits per heavy atom. The van der Waals surface area contributed by atoms with Gasteiger partial charge in [0.25, 0.3) is 5.91 Å². The van der Waals surface area contributed by atoms with Crippen LogP contribution in [0.4, 0.5) is 11.4 Å². The average Bonchev–Trinajstić information content (AvgIpc) is 2.66. The highest BCUT2D eigenvalue weighted by molar-refractivity contribution is 6.40. The zero-order valence-electron chi connectivity index (χ0n) is 13.8. The van der Waals surface area contributed by atoms with E-state index in [9.17, 15) is 9.59 Å². The lowest BCUT2D eigenvalue weighted by Crippen LogP contribution is -2.43. The fourth-order valence-electron chi connectivity index (χ4n) is 2.66. The number of nitrogens with one attached hydrogen (secondary N) is 3. The minimum atomic E-state index is -0.481. The van der Waals surface area contributed by atoms with Crippen LogP contribution in [0.2, 0.25) is 10.0 Å². The fraction of sp³-hybridized carbons (Fsp3) is 0.294. The first-order chi connectivity index (χ1) is 12.5. The highest BCUT2D eigenvalue weighted by Gasteiger charge is 2.21. The molecule has 9 heteroatoms. The van der Waals surface area contributed by atoms with E-state index in [0.717, 1.165) is 25.8 Å². The van der Waals surface area contributed by atoms with Crippen LogP contribution in [0.25, 0.3) is 0 Å². The monoisotopic (exact) mass is 393 g/mol. The number of benzene rings is 1. The van der Waals surface area contributed by atoms with Gasteiger partial charge in [0.2, 0.25) is 5.91 Å². The first-order valence-corrected chi connectivity index (χ1v) is 8.91. The van der Waals surface area contributed by atoms with Gasteiger partial charge in [0.15, 0.2) is 0 Å². The molecule has 26 heavy (non-hydrogen) atoms. The Kier molecular flexibility index (Phi) is 6.03. The highest BCUT2D eigenvalue weighted by Crippen LogP contribution is 2.34. The molecule has 1 fully saturated rings. The molecule has 1 saturated heterocycles. The molecule has 1 aliphatic heterocycles. The number of rotatable bonds is 4. The quantitative estimate of drug-likeness (QED) is 0.741.